The van der Waals surface area contributed by atoms with E-state index < -0.39 is 11.2 Å². The molecule has 29 heavy (non-hydrogen) atoms. The Morgan fingerprint density at radius 2 is 1.97 bits per heavy atom. The Labute approximate surface area is 167 Å². The minimum atomic E-state index is -0.525. The molecule has 1 aliphatic rings. The van der Waals surface area contributed by atoms with E-state index >= 15 is 0 Å². The first kappa shape index (κ1) is 19.3. The van der Waals surface area contributed by atoms with Crippen molar-refractivity contribution < 1.29 is 18.3 Å². The second kappa shape index (κ2) is 8.17. The van der Waals surface area contributed by atoms with Crippen LogP contribution in [0.3, 0.4) is 0 Å². The minimum Gasteiger partial charge on any atom is -0.451 e. The smallest absolute Gasteiger partial charge is 0.290 e. The zero-order valence-electron chi connectivity index (χ0n) is 16.2. The molecule has 5 nitrogen and oxygen atoms in total. The van der Waals surface area contributed by atoms with Gasteiger partial charge in [-0.2, -0.15) is 0 Å². The number of carbonyl (C=O) groups excluding carboxylic acids is 1. The molecule has 0 N–H and O–H groups in total. The molecule has 0 bridgehead atoms. The van der Waals surface area contributed by atoms with Gasteiger partial charge in [0.15, 0.2) is 11.2 Å². The van der Waals surface area contributed by atoms with Gasteiger partial charge in [0.05, 0.1) is 11.5 Å². The highest BCUT2D eigenvalue weighted by molar-refractivity contribution is 5.93. The molecular formula is C23H22FNO4. The highest BCUT2D eigenvalue weighted by Crippen LogP contribution is 2.19. The molecule has 1 aromatic heterocycles. The van der Waals surface area contributed by atoms with Crippen molar-refractivity contribution in [1.29, 1.82) is 0 Å². The molecule has 1 amide bonds. The molecule has 6 heteroatoms. The highest BCUT2D eigenvalue weighted by atomic mass is 19.1. The summed E-state index contributed by atoms with van der Waals surface area (Å²) < 4.78 is 24.8. The third-order valence-electron chi connectivity index (χ3n) is 5.13. The second-order valence-electron chi connectivity index (χ2n) is 7.42. The van der Waals surface area contributed by atoms with Gasteiger partial charge in [0.1, 0.15) is 11.4 Å². The summed E-state index contributed by atoms with van der Waals surface area (Å²) in [5.74, 6) is -0.966. The maximum Gasteiger partial charge on any atom is 0.290 e. The Kier molecular flexibility index (Phi) is 5.45. The van der Waals surface area contributed by atoms with Gasteiger partial charge in [-0.15, -0.1) is 0 Å². The summed E-state index contributed by atoms with van der Waals surface area (Å²) in [5, 5.41) is 0.116. The molecule has 1 atom stereocenters. The molecule has 3 aromatic rings. The van der Waals surface area contributed by atoms with Crippen molar-refractivity contribution >= 4 is 16.9 Å². The van der Waals surface area contributed by atoms with Crippen molar-refractivity contribution in [3.8, 4) is 0 Å². The number of nitrogens with zero attached hydrogens (tertiary/aromatic N) is 1. The molecule has 0 radical (unpaired) electrons. The summed E-state index contributed by atoms with van der Waals surface area (Å²) >= 11 is 0. The number of hydrogen-bond acceptors (Lipinski definition) is 4. The number of hydrogen-bond donors (Lipinski definition) is 0. The van der Waals surface area contributed by atoms with Crippen LogP contribution in [0.25, 0.3) is 11.0 Å². The molecule has 1 unspecified atom stereocenters. The van der Waals surface area contributed by atoms with Crippen molar-refractivity contribution in [3.63, 3.8) is 0 Å². The van der Waals surface area contributed by atoms with Gasteiger partial charge in [0, 0.05) is 25.8 Å². The Morgan fingerprint density at radius 3 is 2.69 bits per heavy atom. The van der Waals surface area contributed by atoms with Crippen LogP contribution in [-0.4, -0.2) is 30.1 Å². The lowest BCUT2D eigenvalue weighted by Crippen LogP contribution is -2.37. The zero-order chi connectivity index (χ0) is 20.4. The molecule has 0 spiro atoms. The molecule has 1 fully saturated rings. The van der Waals surface area contributed by atoms with E-state index in [2.05, 4.69) is 0 Å². The van der Waals surface area contributed by atoms with Crippen LogP contribution in [-0.2, 0) is 11.3 Å². The van der Waals surface area contributed by atoms with Crippen LogP contribution in [0.1, 0.15) is 34.5 Å². The summed E-state index contributed by atoms with van der Waals surface area (Å²) in [6, 6.07) is 12.8. The molecule has 0 saturated carbocycles. The SMILES string of the molecule is Cc1ccc(CN(CC2CCCO2)C(=O)c2cc(=O)c3cc(F)ccc3o2)cc1. The molecule has 4 rings (SSSR count). The van der Waals surface area contributed by atoms with Gasteiger partial charge >= 0.3 is 0 Å². The van der Waals surface area contributed by atoms with Gasteiger partial charge < -0.3 is 14.1 Å². The molecule has 1 saturated heterocycles. The first-order valence-electron chi connectivity index (χ1n) is 9.69. The Balaban J connectivity index is 1.66. The maximum absolute atomic E-state index is 13.4. The minimum absolute atomic E-state index is 0.0364. The predicted octanol–water partition coefficient (Wildman–Crippen LogP) is 4.06. The van der Waals surface area contributed by atoms with Crippen LogP contribution < -0.4 is 5.43 Å². The maximum atomic E-state index is 13.4. The summed E-state index contributed by atoms with van der Waals surface area (Å²) in [7, 11) is 0. The van der Waals surface area contributed by atoms with Crippen molar-refractivity contribution in [3.05, 3.63) is 81.5 Å². The topological polar surface area (TPSA) is 59.8 Å². The molecule has 150 valence electrons. The van der Waals surface area contributed by atoms with Crippen LogP contribution >= 0.6 is 0 Å². The van der Waals surface area contributed by atoms with E-state index in [0.717, 1.165) is 36.1 Å². The lowest BCUT2D eigenvalue weighted by atomic mass is 10.1. The molecule has 2 aromatic carbocycles. The largest absolute Gasteiger partial charge is 0.451 e. The highest BCUT2D eigenvalue weighted by Gasteiger charge is 2.25. The molecule has 0 aliphatic carbocycles. The van der Waals surface area contributed by atoms with Crippen LogP contribution in [0.4, 0.5) is 4.39 Å². The lowest BCUT2D eigenvalue weighted by molar-refractivity contribution is 0.0484. The van der Waals surface area contributed by atoms with Crippen molar-refractivity contribution in [2.45, 2.75) is 32.4 Å². The number of ether oxygens (including phenoxy) is 1. The van der Waals surface area contributed by atoms with Gasteiger partial charge in [0.2, 0.25) is 0 Å². The third kappa shape index (κ3) is 4.38. The van der Waals surface area contributed by atoms with Gasteiger partial charge in [-0.1, -0.05) is 29.8 Å². The van der Waals surface area contributed by atoms with E-state index in [4.69, 9.17) is 9.15 Å². The summed E-state index contributed by atoms with van der Waals surface area (Å²) in [6.45, 7) is 3.49. The number of carbonyl (C=O) groups is 1. The van der Waals surface area contributed by atoms with E-state index in [1.807, 2.05) is 31.2 Å². The normalized spacial score (nSPS) is 16.3. The number of amides is 1. The number of benzene rings is 2. The van der Waals surface area contributed by atoms with Crippen LogP contribution in [0.2, 0.25) is 0 Å². The predicted molar refractivity (Wildman–Crippen MR) is 107 cm³/mol. The number of rotatable bonds is 5. The van der Waals surface area contributed by atoms with Gasteiger partial charge in [-0.3, -0.25) is 9.59 Å². The molecule has 1 aliphatic heterocycles. The monoisotopic (exact) mass is 395 g/mol. The average molecular weight is 395 g/mol. The Hall–Kier alpha value is -2.99. The fraction of sp³-hybridized carbons (Fsp3) is 0.304. The fourth-order valence-corrected chi connectivity index (χ4v) is 3.56. The third-order valence-corrected chi connectivity index (χ3v) is 5.13. The van der Waals surface area contributed by atoms with Crippen molar-refractivity contribution in [2.75, 3.05) is 13.2 Å². The summed E-state index contributed by atoms with van der Waals surface area (Å²) in [4.78, 5) is 27.3. The quantitative estimate of drug-likeness (QED) is 0.654. The molecular weight excluding hydrogens is 373 g/mol. The first-order valence-corrected chi connectivity index (χ1v) is 9.69. The second-order valence-corrected chi connectivity index (χ2v) is 7.42. The fourth-order valence-electron chi connectivity index (χ4n) is 3.56. The van der Waals surface area contributed by atoms with E-state index in [0.29, 0.717) is 19.7 Å². The summed E-state index contributed by atoms with van der Waals surface area (Å²) in [6.07, 6.45) is 1.82. The standard InChI is InChI=1S/C23H22FNO4/c1-15-4-6-16(7-5-15)13-25(14-18-3-2-10-28-18)23(27)22-12-20(26)19-11-17(24)8-9-21(19)29-22/h4-9,11-12,18H,2-3,10,13-14H2,1H3. The number of fused-ring (bicyclic) bond motifs is 1. The van der Waals surface area contributed by atoms with Crippen molar-refractivity contribution in [1.82, 2.24) is 4.90 Å². The Bertz CT molecular complexity index is 1080. The van der Waals surface area contributed by atoms with Crippen LogP contribution in [0.5, 0.6) is 0 Å². The van der Waals surface area contributed by atoms with E-state index in [1.165, 1.54) is 12.1 Å². The van der Waals surface area contributed by atoms with E-state index in [1.54, 1.807) is 4.90 Å². The van der Waals surface area contributed by atoms with Gasteiger partial charge in [-0.25, -0.2) is 4.39 Å². The number of aryl methyl sites for hydroxylation is 1. The average Bonchev–Trinajstić information content (AvgIpc) is 3.22. The van der Waals surface area contributed by atoms with Crippen molar-refractivity contribution in [2.24, 2.45) is 0 Å². The Morgan fingerprint density at radius 1 is 1.17 bits per heavy atom. The van der Waals surface area contributed by atoms with Crippen LogP contribution in [0.15, 0.2) is 57.7 Å². The molecule has 2 heterocycles. The zero-order valence-corrected chi connectivity index (χ0v) is 16.2. The van der Waals surface area contributed by atoms with Gasteiger partial charge in [-0.05, 0) is 43.5 Å². The first-order chi connectivity index (χ1) is 14.0. The van der Waals surface area contributed by atoms with E-state index in [-0.39, 0.29) is 28.7 Å². The van der Waals surface area contributed by atoms with Crippen LogP contribution in [0, 0.1) is 12.7 Å². The summed E-state index contributed by atoms with van der Waals surface area (Å²) in [5.41, 5.74) is 1.86. The van der Waals surface area contributed by atoms with E-state index in [9.17, 15) is 14.0 Å². The lowest BCUT2D eigenvalue weighted by Gasteiger charge is -2.25. The van der Waals surface area contributed by atoms with Gasteiger partial charge in [0.25, 0.3) is 5.91 Å². The number of halogens is 1.